The van der Waals surface area contributed by atoms with Gasteiger partial charge in [-0.2, -0.15) is 0 Å². The Morgan fingerprint density at radius 3 is 2.58 bits per heavy atom. The molecular formula is C13H16ClN3O2. The lowest BCUT2D eigenvalue weighted by Crippen LogP contribution is -2.42. The van der Waals surface area contributed by atoms with Crippen LogP contribution in [0.4, 0.5) is 10.5 Å². The Balaban J connectivity index is 2.03. The molecule has 19 heavy (non-hydrogen) atoms. The van der Waals surface area contributed by atoms with Crippen LogP contribution in [0, 0.1) is 0 Å². The van der Waals surface area contributed by atoms with Gasteiger partial charge in [-0.1, -0.05) is 11.6 Å². The maximum atomic E-state index is 11.9. The Morgan fingerprint density at radius 1 is 1.37 bits per heavy atom. The van der Waals surface area contributed by atoms with Crippen LogP contribution in [0.15, 0.2) is 24.3 Å². The van der Waals surface area contributed by atoms with Crippen molar-refractivity contribution in [3.63, 3.8) is 0 Å². The maximum absolute atomic E-state index is 11.9. The number of carbonyl (C=O) groups is 2. The second kappa shape index (κ2) is 5.48. The van der Waals surface area contributed by atoms with E-state index in [1.54, 1.807) is 43.3 Å². The first-order valence-corrected chi connectivity index (χ1v) is 6.39. The van der Waals surface area contributed by atoms with Crippen LogP contribution in [0.1, 0.15) is 6.42 Å². The van der Waals surface area contributed by atoms with E-state index in [0.717, 1.165) is 5.69 Å². The van der Waals surface area contributed by atoms with Gasteiger partial charge in [0, 0.05) is 37.8 Å². The van der Waals surface area contributed by atoms with E-state index in [-0.39, 0.29) is 18.0 Å². The second-order valence-corrected chi connectivity index (χ2v) is 5.16. The number of nitrogens with one attached hydrogen (secondary N) is 1. The van der Waals surface area contributed by atoms with Gasteiger partial charge in [-0.05, 0) is 24.3 Å². The van der Waals surface area contributed by atoms with Crippen molar-refractivity contribution in [1.29, 1.82) is 0 Å². The zero-order chi connectivity index (χ0) is 14.0. The Bertz CT molecular complexity index is 487. The average molecular weight is 282 g/mol. The van der Waals surface area contributed by atoms with Crippen molar-refractivity contribution >= 4 is 29.2 Å². The van der Waals surface area contributed by atoms with Crippen LogP contribution in [0.2, 0.25) is 5.02 Å². The highest BCUT2D eigenvalue weighted by Gasteiger charge is 2.31. The summed E-state index contributed by atoms with van der Waals surface area (Å²) in [7, 11) is 3.34. The van der Waals surface area contributed by atoms with E-state index >= 15 is 0 Å². The van der Waals surface area contributed by atoms with Gasteiger partial charge in [-0.25, -0.2) is 4.79 Å². The van der Waals surface area contributed by atoms with E-state index in [2.05, 4.69) is 5.32 Å². The molecule has 1 aromatic carbocycles. The van der Waals surface area contributed by atoms with Crippen LogP contribution in [-0.4, -0.2) is 43.5 Å². The van der Waals surface area contributed by atoms with Crippen LogP contribution in [0.25, 0.3) is 0 Å². The second-order valence-electron chi connectivity index (χ2n) is 4.73. The van der Waals surface area contributed by atoms with E-state index in [1.807, 2.05) is 0 Å². The summed E-state index contributed by atoms with van der Waals surface area (Å²) < 4.78 is 0. The molecule has 0 radical (unpaired) electrons. The summed E-state index contributed by atoms with van der Waals surface area (Å²) in [5, 5.41) is 3.45. The lowest BCUT2D eigenvalue weighted by molar-refractivity contribution is -0.117. The van der Waals surface area contributed by atoms with Crippen molar-refractivity contribution in [3.8, 4) is 0 Å². The molecule has 102 valence electrons. The smallest absolute Gasteiger partial charge is 0.317 e. The van der Waals surface area contributed by atoms with E-state index < -0.39 is 0 Å². The minimum atomic E-state index is -0.184. The molecule has 1 saturated heterocycles. The third kappa shape index (κ3) is 3.17. The number of nitrogens with zero attached hydrogens (tertiary/aromatic N) is 2. The molecule has 2 rings (SSSR count). The number of amides is 3. The van der Waals surface area contributed by atoms with Gasteiger partial charge in [0.05, 0.1) is 6.04 Å². The predicted octanol–water partition coefficient (Wildman–Crippen LogP) is 1.72. The topological polar surface area (TPSA) is 52.7 Å². The molecular weight excluding hydrogens is 266 g/mol. The number of rotatable bonds is 2. The number of anilines is 1. The van der Waals surface area contributed by atoms with Crippen LogP contribution >= 0.6 is 11.6 Å². The third-order valence-electron chi connectivity index (χ3n) is 3.00. The van der Waals surface area contributed by atoms with E-state index in [9.17, 15) is 9.59 Å². The van der Waals surface area contributed by atoms with Crippen molar-refractivity contribution in [2.75, 3.05) is 25.5 Å². The SMILES string of the molecule is CN(C)C(=O)N[C@@H]1CC(=O)N(c2ccc(Cl)cc2)C1. The van der Waals surface area contributed by atoms with Gasteiger partial charge in [0.25, 0.3) is 0 Å². The number of hydrogen-bond acceptors (Lipinski definition) is 2. The molecule has 3 amide bonds. The van der Waals surface area contributed by atoms with E-state index in [0.29, 0.717) is 18.0 Å². The highest BCUT2D eigenvalue weighted by Crippen LogP contribution is 2.23. The Hall–Kier alpha value is -1.75. The monoisotopic (exact) mass is 281 g/mol. The highest BCUT2D eigenvalue weighted by molar-refractivity contribution is 6.30. The summed E-state index contributed by atoms with van der Waals surface area (Å²) in [6, 6.07) is 6.76. The van der Waals surface area contributed by atoms with Crippen molar-refractivity contribution in [2.24, 2.45) is 0 Å². The fourth-order valence-electron chi connectivity index (χ4n) is 1.98. The molecule has 0 spiro atoms. The van der Waals surface area contributed by atoms with Crippen molar-refractivity contribution in [2.45, 2.75) is 12.5 Å². The Labute approximate surface area is 117 Å². The van der Waals surface area contributed by atoms with Crippen molar-refractivity contribution in [1.82, 2.24) is 10.2 Å². The first-order valence-electron chi connectivity index (χ1n) is 6.01. The molecule has 0 bridgehead atoms. The van der Waals surface area contributed by atoms with Gasteiger partial charge in [-0.3, -0.25) is 4.79 Å². The molecule has 1 heterocycles. The van der Waals surface area contributed by atoms with Crippen LogP contribution < -0.4 is 10.2 Å². The van der Waals surface area contributed by atoms with Gasteiger partial charge in [0.15, 0.2) is 0 Å². The van der Waals surface area contributed by atoms with Gasteiger partial charge in [0.1, 0.15) is 0 Å². The standard InChI is InChI=1S/C13H16ClN3O2/c1-16(2)13(19)15-10-7-12(18)17(8-10)11-5-3-9(14)4-6-11/h3-6,10H,7-8H2,1-2H3,(H,15,19)/t10-/m1/s1. The minimum Gasteiger partial charge on any atom is -0.333 e. The summed E-state index contributed by atoms with van der Waals surface area (Å²) in [5.41, 5.74) is 0.802. The lowest BCUT2D eigenvalue weighted by atomic mass is 10.2. The number of benzene rings is 1. The molecule has 1 aromatic rings. The molecule has 0 saturated carbocycles. The molecule has 1 aliphatic heterocycles. The van der Waals surface area contributed by atoms with Gasteiger partial charge in [-0.15, -0.1) is 0 Å². The summed E-state index contributed by atoms with van der Waals surface area (Å²) in [4.78, 5) is 26.6. The fourth-order valence-corrected chi connectivity index (χ4v) is 2.10. The molecule has 6 heteroatoms. The summed E-state index contributed by atoms with van der Waals surface area (Å²) >= 11 is 5.82. The van der Waals surface area contributed by atoms with Crippen molar-refractivity contribution in [3.05, 3.63) is 29.3 Å². The predicted molar refractivity (Wildman–Crippen MR) is 74.4 cm³/mol. The lowest BCUT2D eigenvalue weighted by Gasteiger charge is -2.19. The molecule has 1 fully saturated rings. The normalized spacial score (nSPS) is 18.6. The first kappa shape index (κ1) is 13.7. The molecule has 5 nitrogen and oxygen atoms in total. The third-order valence-corrected chi connectivity index (χ3v) is 3.25. The average Bonchev–Trinajstić information content (AvgIpc) is 2.71. The zero-order valence-electron chi connectivity index (χ0n) is 10.9. The van der Waals surface area contributed by atoms with Gasteiger partial charge >= 0.3 is 6.03 Å². The van der Waals surface area contributed by atoms with E-state index in [4.69, 9.17) is 11.6 Å². The van der Waals surface area contributed by atoms with Crippen molar-refractivity contribution < 1.29 is 9.59 Å². The molecule has 1 N–H and O–H groups in total. The molecule has 1 atom stereocenters. The van der Waals surface area contributed by atoms with Gasteiger partial charge < -0.3 is 15.1 Å². The Kier molecular flexibility index (Phi) is 3.95. The molecule has 0 aliphatic carbocycles. The van der Waals surface area contributed by atoms with E-state index in [1.165, 1.54) is 4.90 Å². The Morgan fingerprint density at radius 2 is 2.00 bits per heavy atom. The summed E-state index contributed by atoms with van der Waals surface area (Å²) in [5.74, 6) is 0.00591. The highest BCUT2D eigenvalue weighted by atomic mass is 35.5. The number of urea groups is 1. The minimum absolute atomic E-state index is 0.00591. The number of carbonyl (C=O) groups excluding carboxylic acids is 2. The molecule has 0 aromatic heterocycles. The first-order chi connectivity index (χ1) is 8.97. The summed E-state index contributed by atoms with van der Waals surface area (Å²) in [6.07, 6.45) is 0.322. The molecule has 0 unspecified atom stereocenters. The number of hydrogen-bond donors (Lipinski definition) is 1. The maximum Gasteiger partial charge on any atom is 0.317 e. The van der Waals surface area contributed by atoms with Gasteiger partial charge in [0.2, 0.25) is 5.91 Å². The van der Waals surface area contributed by atoms with Crippen LogP contribution in [0.3, 0.4) is 0 Å². The number of halogens is 1. The quantitative estimate of drug-likeness (QED) is 0.897. The van der Waals surface area contributed by atoms with Crippen LogP contribution in [-0.2, 0) is 4.79 Å². The molecule has 1 aliphatic rings. The zero-order valence-corrected chi connectivity index (χ0v) is 11.6. The van der Waals surface area contributed by atoms with Crippen LogP contribution in [0.5, 0.6) is 0 Å². The fraction of sp³-hybridized carbons (Fsp3) is 0.385. The largest absolute Gasteiger partial charge is 0.333 e. The summed E-state index contributed by atoms with van der Waals surface area (Å²) in [6.45, 7) is 0.486.